The summed E-state index contributed by atoms with van der Waals surface area (Å²) in [6.07, 6.45) is 1.91. The fraction of sp³-hybridized carbons (Fsp3) is 0.118. The van der Waals surface area contributed by atoms with Crippen molar-refractivity contribution in [3.05, 3.63) is 83.6 Å². The average molecular weight is 403 g/mol. The molecule has 0 aliphatic carbocycles. The third-order valence-electron chi connectivity index (χ3n) is 3.76. The van der Waals surface area contributed by atoms with Crippen LogP contribution < -0.4 is 9.47 Å². The van der Waals surface area contributed by atoms with Crippen LogP contribution in [0.1, 0.15) is 21.5 Å². The van der Waals surface area contributed by atoms with Gasteiger partial charge < -0.3 is 9.47 Å². The molecule has 0 N–H and O–H groups in total. The number of carbonyl (C=O) groups excluding carboxylic acids is 1. The van der Waals surface area contributed by atoms with Crippen molar-refractivity contribution >= 4 is 23.4 Å². The van der Waals surface area contributed by atoms with E-state index in [1.807, 2.05) is 0 Å². The topological polar surface area (TPSA) is 165 Å². The first-order valence-corrected chi connectivity index (χ1v) is 7.79. The van der Waals surface area contributed by atoms with Crippen LogP contribution >= 0.6 is 0 Å². The van der Waals surface area contributed by atoms with E-state index >= 15 is 0 Å². The highest BCUT2D eigenvalue weighted by Gasteiger charge is 2.26. The minimum Gasteiger partial charge on any atom is -0.493 e. The minimum atomic E-state index is -1.08. The molecule has 0 atom stereocenters. The van der Waals surface area contributed by atoms with Crippen molar-refractivity contribution in [3.8, 4) is 11.5 Å². The van der Waals surface area contributed by atoms with Gasteiger partial charge in [0.25, 0.3) is 11.4 Å². The second-order valence-electron chi connectivity index (χ2n) is 5.55. The molecule has 2 aromatic carbocycles. The number of carbonyl (C=O) groups is 1. The van der Waals surface area contributed by atoms with Crippen molar-refractivity contribution in [1.82, 2.24) is 0 Å². The lowest BCUT2D eigenvalue weighted by Gasteiger charge is -2.10. The monoisotopic (exact) mass is 403 g/mol. The number of hydrogen-bond donors (Lipinski definition) is 0. The molecule has 0 heterocycles. The van der Waals surface area contributed by atoms with Gasteiger partial charge in [0, 0.05) is 18.2 Å². The molecule has 12 heteroatoms. The van der Waals surface area contributed by atoms with E-state index in [0.717, 1.165) is 12.1 Å². The molecule has 150 valence electrons. The van der Waals surface area contributed by atoms with Gasteiger partial charge >= 0.3 is 5.97 Å². The number of esters is 1. The molecular weight excluding hydrogens is 390 g/mol. The van der Waals surface area contributed by atoms with Crippen molar-refractivity contribution in [1.29, 1.82) is 0 Å². The van der Waals surface area contributed by atoms with Gasteiger partial charge in [-0.3, -0.25) is 30.3 Å². The SMILES string of the molecule is COc1cc(/C=C/[N+](=O)[O-])ccc1OC(=O)c1cc([N+](=O)[O-])c(C)c([N+](=O)[O-])c1. The van der Waals surface area contributed by atoms with E-state index in [2.05, 4.69) is 0 Å². The van der Waals surface area contributed by atoms with Crippen molar-refractivity contribution in [2.75, 3.05) is 7.11 Å². The third-order valence-corrected chi connectivity index (χ3v) is 3.76. The summed E-state index contributed by atoms with van der Waals surface area (Å²) in [5.41, 5.74) is -1.40. The standard InChI is InChI=1S/C17H13N3O9/c1-10-13(19(24)25)8-12(9-14(10)20(26)27)17(21)29-15-4-3-11(5-6-18(22)23)7-16(15)28-2/h3-9H,1-2H3/b6-5+. The van der Waals surface area contributed by atoms with E-state index in [0.29, 0.717) is 11.8 Å². The molecule has 0 bridgehead atoms. The van der Waals surface area contributed by atoms with Gasteiger partial charge in [0.15, 0.2) is 11.5 Å². The fourth-order valence-electron chi connectivity index (χ4n) is 2.36. The number of hydrogen-bond acceptors (Lipinski definition) is 9. The second kappa shape index (κ2) is 8.56. The Kier molecular flexibility index (Phi) is 6.19. The summed E-state index contributed by atoms with van der Waals surface area (Å²) in [5, 5.41) is 32.7. The van der Waals surface area contributed by atoms with Crippen LogP contribution in [-0.2, 0) is 0 Å². The number of benzene rings is 2. The Morgan fingerprint density at radius 2 is 1.55 bits per heavy atom. The van der Waals surface area contributed by atoms with E-state index in [4.69, 9.17) is 9.47 Å². The lowest BCUT2D eigenvalue weighted by atomic mass is 10.1. The molecule has 12 nitrogen and oxygen atoms in total. The molecule has 0 saturated heterocycles. The van der Waals surface area contributed by atoms with Crippen molar-refractivity contribution in [3.63, 3.8) is 0 Å². The summed E-state index contributed by atoms with van der Waals surface area (Å²) < 4.78 is 10.2. The summed E-state index contributed by atoms with van der Waals surface area (Å²) in [6, 6.07) is 5.83. The van der Waals surface area contributed by atoms with Crippen molar-refractivity contribution < 1.29 is 29.0 Å². The fourth-order valence-corrected chi connectivity index (χ4v) is 2.36. The molecule has 0 aliphatic rings. The normalized spacial score (nSPS) is 10.6. The number of ether oxygens (including phenoxy) is 2. The Labute approximate surface area is 162 Å². The van der Waals surface area contributed by atoms with Gasteiger partial charge in [-0.25, -0.2) is 4.79 Å². The highest BCUT2D eigenvalue weighted by Crippen LogP contribution is 2.32. The Bertz CT molecular complexity index is 1010. The van der Waals surface area contributed by atoms with Gasteiger partial charge in [0.2, 0.25) is 6.20 Å². The molecule has 29 heavy (non-hydrogen) atoms. The Morgan fingerprint density at radius 1 is 0.966 bits per heavy atom. The predicted octanol–water partition coefficient (Wildman–Crippen LogP) is 3.29. The summed E-state index contributed by atoms with van der Waals surface area (Å²) in [7, 11) is 1.27. The Morgan fingerprint density at radius 3 is 2.03 bits per heavy atom. The van der Waals surface area contributed by atoms with Crippen LogP contribution in [0, 0.1) is 37.3 Å². The lowest BCUT2D eigenvalue weighted by Crippen LogP contribution is -2.11. The van der Waals surface area contributed by atoms with Crippen LogP contribution in [0.2, 0.25) is 0 Å². The van der Waals surface area contributed by atoms with E-state index < -0.39 is 37.7 Å². The van der Waals surface area contributed by atoms with Gasteiger partial charge in [-0.05, 0) is 24.6 Å². The molecule has 0 aromatic heterocycles. The van der Waals surface area contributed by atoms with Crippen LogP contribution in [0.4, 0.5) is 11.4 Å². The first kappa shape index (κ1) is 21.0. The first-order valence-electron chi connectivity index (χ1n) is 7.79. The largest absolute Gasteiger partial charge is 0.493 e. The third kappa shape index (κ3) is 4.88. The van der Waals surface area contributed by atoms with Gasteiger partial charge in [-0.15, -0.1) is 0 Å². The maximum Gasteiger partial charge on any atom is 0.344 e. The maximum atomic E-state index is 12.4. The quantitative estimate of drug-likeness (QED) is 0.292. The van der Waals surface area contributed by atoms with Crippen LogP contribution in [-0.4, -0.2) is 27.8 Å². The number of methoxy groups -OCH3 is 1. The smallest absolute Gasteiger partial charge is 0.344 e. The first-order chi connectivity index (χ1) is 13.6. The van der Waals surface area contributed by atoms with Crippen LogP contribution in [0.15, 0.2) is 36.5 Å². The summed E-state index contributed by atoms with van der Waals surface area (Å²) in [6.45, 7) is 1.20. The predicted molar refractivity (Wildman–Crippen MR) is 98.5 cm³/mol. The molecule has 2 rings (SSSR count). The van der Waals surface area contributed by atoms with E-state index in [9.17, 15) is 35.1 Å². The zero-order valence-corrected chi connectivity index (χ0v) is 15.1. The van der Waals surface area contributed by atoms with Gasteiger partial charge in [0.05, 0.1) is 27.4 Å². The second-order valence-corrected chi connectivity index (χ2v) is 5.55. The Balaban J connectivity index is 2.40. The van der Waals surface area contributed by atoms with Crippen molar-refractivity contribution in [2.45, 2.75) is 6.92 Å². The summed E-state index contributed by atoms with van der Waals surface area (Å²) in [5.74, 6) is -1.11. The number of nitro groups is 3. The zero-order chi connectivity index (χ0) is 21.7. The summed E-state index contributed by atoms with van der Waals surface area (Å²) >= 11 is 0. The number of rotatable bonds is 7. The van der Waals surface area contributed by atoms with Crippen LogP contribution in [0.25, 0.3) is 6.08 Å². The average Bonchev–Trinajstić information content (AvgIpc) is 2.66. The van der Waals surface area contributed by atoms with Gasteiger partial charge in [-0.2, -0.15) is 0 Å². The molecule has 0 aliphatic heterocycles. The molecule has 0 unspecified atom stereocenters. The number of nitrogens with zero attached hydrogens (tertiary/aromatic N) is 3. The summed E-state index contributed by atoms with van der Waals surface area (Å²) in [4.78, 5) is 42.7. The lowest BCUT2D eigenvalue weighted by molar-refractivity contribution is -0.400. The van der Waals surface area contributed by atoms with Crippen LogP contribution in [0.5, 0.6) is 11.5 Å². The van der Waals surface area contributed by atoms with E-state index in [-0.39, 0.29) is 17.1 Å². The van der Waals surface area contributed by atoms with E-state index in [1.54, 1.807) is 0 Å². The maximum absolute atomic E-state index is 12.4. The van der Waals surface area contributed by atoms with Crippen LogP contribution in [0.3, 0.4) is 0 Å². The minimum absolute atomic E-state index is 0.0555. The molecule has 0 spiro atoms. The highest BCUT2D eigenvalue weighted by molar-refractivity contribution is 5.93. The molecule has 0 fully saturated rings. The van der Waals surface area contributed by atoms with Gasteiger partial charge in [0.1, 0.15) is 5.56 Å². The molecule has 0 radical (unpaired) electrons. The van der Waals surface area contributed by atoms with E-state index in [1.165, 1.54) is 38.3 Å². The molecule has 0 saturated carbocycles. The Hall–Kier alpha value is -4.35. The molecular formula is C17H13N3O9. The zero-order valence-electron chi connectivity index (χ0n) is 15.1. The highest BCUT2D eigenvalue weighted by atomic mass is 16.6. The van der Waals surface area contributed by atoms with Crippen molar-refractivity contribution in [2.24, 2.45) is 0 Å². The number of nitro benzene ring substituents is 2. The molecule has 2 aromatic rings. The molecule has 0 amide bonds. The van der Waals surface area contributed by atoms with Gasteiger partial charge in [-0.1, -0.05) is 6.07 Å².